The summed E-state index contributed by atoms with van der Waals surface area (Å²) in [5.74, 6) is 0.355. The van der Waals surface area contributed by atoms with E-state index in [1.165, 1.54) is 0 Å². The molecular formula is C22H25F4NO2. The number of halogens is 4. The van der Waals surface area contributed by atoms with Crippen LogP contribution in [0.4, 0.5) is 17.6 Å². The Hall–Kier alpha value is -2.28. The molecule has 7 heteroatoms. The van der Waals surface area contributed by atoms with Gasteiger partial charge in [0.15, 0.2) is 0 Å². The van der Waals surface area contributed by atoms with Crippen LogP contribution in [0.5, 0.6) is 11.5 Å². The monoisotopic (exact) mass is 411 g/mol. The second-order valence-corrected chi connectivity index (χ2v) is 7.26. The molecule has 0 spiro atoms. The van der Waals surface area contributed by atoms with Gasteiger partial charge < -0.3 is 14.8 Å². The van der Waals surface area contributed by atoms with E-state index >= 15 is 0 Å². The maximum atomic E-state index is 12.2. The highest BCUT2D eigenvalue weighted by Gasteiger charge is 2.23. The van der Waals surface area contributed by atoms with Crippen molar-refractivity contribution in [3.63, 3.8) is 0 Å². The third-order valence-corrected chi connectivity index (χ3v) is 5.19. The minimum absolute atomic E-state index is 0.177. The van der Waals surface area contributed by atoms with E-state index in [0.717, 1.165) is 49.7 Å². The second-order valence-electron chi connectivity index (χ2n) is 7.26. The summed E-state index contributed by atoms with van der Waals surface area (Å²) in [6, 6.07) is 14.5. The number of aryl methyl sites for hydroxylation is 2. The highest BCUT2D eigenvalue weighted by Crippen LogP contribution is 2.23. The van der Waals surface area contributed by atoms with Gasteiger partial charge in [-0.3, -0.25) is 0 Å². The third kappa shape index (κ3) is 7.24. The number of alkyl halides is 4. The average molecular weight is 411 g/mol. The molecule has 0 radical (unpaired) electrons. The first-order valence-electron chi connectivity index (χ1n) is 9.81. The molecule has 0 aromatic heterocycles. The molecule has 0 bridgehead atoms. The maximum absolute atomic E-state index is 12.2. The van der Waals surface area contributed by atoms with Crippen LogP contribution in [-0.4, -0.2) is 25.3 Å². The molecule has 1 fully saturated rings. The zero-order valence-electron chi connectivity index (χ0n) is 16.0. The zero-order chi connectivity index (χ0) is 20.6. The topological polar surface area (TPSA) is 30.5 Å². The molecule has 2 aromatic rings. The summed E-state index contributed by atoms with van der Waals surface area (Å²) < 4.78 is 57.4. The van der Waals surface area contributed by atoms with Crippen LogP contribution >= 0.6 is 0 Å². The quantitative estimate of drug-likeness (QED) is 0.518. The average Bonchev–Trinajstić information content (AvgIpc) is 3.14. The molecule has 2 aromatic carbocycles. The first kappa shape index (κ1) is 21.4. The van der Waals surface area contributed by atoms with Crippen molar-refractivity contribution in [1.29, 1.82) is 0 Å². The minimum Gasteiger partial charge on any atom is -0.435 e. The van der Waals surface area contributed by atoms with Crippen LogP contribution in [-0.2, 0) is 12.8 Å². The molecule has 1 N–H and O–H groups in total. The van der Waals surface area contributed by atoms with Gasteiger partial charge in [0.2, 0.25) is 0 Å². The van der Waals surface area contributed by atoms with Crippen LogP contribution in [0.25, 0.3) is 0 Å². The first-order chi connectivity index (χ1) is 14.0. The molecule has 3 rings (SSSR count). The van der Waals surface area contributed by atoms with Gasteiger partial charge in [0.25, 0.3) is 0 Å². The van der Waals surface area contributed by atoms with Crippen molar-refractivity contribution in [2.75, 3.05) is 0 Å². The van der Waals surface area contributed by atoms with Gasteiger partial charge in [-0.05, 0) is 73.9 Å². The van der Waals surface area contributed by atoms with E-state index in [1.54, 1.807) is 24.3 Å². The van der Waals surface area contributed by atoms with Crippen molar-refractivity contribution in [2.45, 2.75) is 63.8 Å². The lowest BCUT2D eigenvalue weighted by Gasteiger charge is -2.15. The minimum atomic E-state index is -2.80. The highest BCUT2D eigenvalue weighted by molar-refractivity contribution is 5.28. The summed E-state index contributed by atoms with van der Waals surface area (Å²) in [4.78, 5) is 0. The summed E-state index contributed by atoms with van der Waals surface area (Å²) in [5.41, 5.74) is 2.20. The van der Waals surface area contributed by atoms with Crippen LogP contribution in [0.15, 0.2) is 48.5 Å². The Bertz CT molecular complexity index is 674. The van der Waals surface area contributed by atoms with Gasteiger partial charge in [-0.1, -0.05) is 24.3 Å². The van der Waals surface area contributed by atoms with Crippen molar-refractivity contribution in [3.05, 3.63) is 59.7 Å². The Kier molecular flexibility index (Phi) is 7.75. The van der Waals surface area contributed by atoms with Crippen molar-refractivity contribution in [1.82, 2.24) is 5.32 Å². The number of rotatable bonds is 10. The van der Waals surface area contributed by atoms with Gasteiger partial charge in [-0.2, -0.15) is 17.6 Å². The number of hydrogen-bond acceptors (Lipinski definition) is 3. The molecule has 0 saturated carbocycles. The van der Waals surface area contributed by atoms with Crippen LogP contribution in [0.1, 0.15) is 36.8 Å². The molecule has 1 aliphatic heterocycles. The normalized spacial score (nSPS) is 19.1. The van der Waals surface area contributed by atoms with Gasteiger partial charge in [0.1, 0.15) is 11.5 Å². The second kappa shape index (κ2) is 10.5. The summed E-state index contributed by atoms with van der Waals surface area (Å²) in [6.45, 7) is -5.60. The Morgan fingerprint density at radius 3 is 1.41 bits per heavy atom. The van der Waals surface area contributed by atoms with Gasteiger partial charge in [-0.15, -0.1) is 0 Å². The molecule has 1 aliphatic rings. The predicted octanol–water partition coefficient (Wildman–Crippen LogP) is 5.58. The lowest BCUT2D eigenvalue weighted by Crippen LogP contribution is -2.30. The zero-order valence-corrected chi connectivity index (χ0v) is 16.0. The van der Waals surface area contributed by atoms with Gasteiger partial charge in [-0.25, -0.2) is 0 Å². The number of ether oxygens (including phenoxy) is 2. The molecule has 0 amide bonds. The summed E-state index contributed by atoms with van der Waals surface area (Å²) in [6.07, 6.45) is 5.96. The fourth-order valence-electron chi connectivity index (χ4n) is 3.71. The molecule has 2 atom stereocenters. The van der Waals surface area contributed by atoms with E-state index in [-0.39, 0.29) is 11.5 Å². The van der Waals surface area contributed by atoms with E-state index in [0.29, 0.717) is 12.1 Å². The van der Waals surface area contributed by atoms with Crippen LogP contribution in [0, 0.1) is 0 Å². The molecule has 1 heterocycles. The Morgan fingerprint density at radius 2 is 1.07 bits per heavy atom. The third-order valence-electron chi connectivity index (χ3n) is 5.19. The molecule has 0 unspecified atom stereocenters. The lowest BCUT2D eigenvalue weighted by atomic mass is 10.0. The van der Waals surface area contributed by atoms with E-state index in [4.69, 9.17) is 0 Å². The van der Waals surface area contributed by atoms with Gasteiger partial charge in [0.05, 0.1) is 0 Å². The highest BCUT2D eigenvalue weighted by atomic mass is 19.3. The van der Waals surface area contributed by atoms with E-state index < -0.39 is 13.2 Å². The lowest BCUT2D eigenvalue weighted by molar-refractivity contribution is -0.0505. The van der Waals surface area contributed by atoms with E-state index in [2.05, 4.69) is 14.8 Å². The van der Waals surface area contributed by atoms with E-state index in [9.17, 15) is 17.6 Å². The summed E-state index contributed by atoms with van der Waals surface area (Å²) in [5, 5.41) is 3.66. The first-order valence-corrected chi connectivity index (χ1v) is 9.81. The molecule has 0 aliphatic carbocycles. The molecular weight excluding hydrogens is 386 g/mol. The SMILES string of the molecule is FC(F)Oc1ccc(CC[C@@H]2CC[C@H](CCc3ccc(OC(F)F)cc3)N2)cc1. The Morgan fingerprint density at radius 1 is 0.690 bits per heavy atom. The number of hydrogen-bond donors (Lipinski definition) is 1. The standard InChI is InChI=1S/C22H25F4NO2/c23-21(24)28-19-11-3-15(4-12-19)1-7-17-9-10-18(27-17)8-2-16-5-13-20(14-6-16)29-22(25)26/h3-6,11-14,17-18,21-22,27H,1-2,7-10H2/t17-,18+. The van der Waals surface area contributed by atoms with E-state index in [1.807, 2.05) is 24.3 Å². The summed E-state index contributed by atoms with van der Waals surface area (Å²) >= 11 is 0. The number of benzene rings is 2. The fourth-order valence-corrected chi connectivity index (χ4v) is 3.71. The summed E-state index contributed by atoms with van der Waals surface area (Å²) in [7, 11) is 0. The van der Waals surface area contributed by atoms with Crippen molar-refractivity contribution >= 4 is 0 Å². The Labute approximate surface area is 168 Å². The smallest absolute Gasteiger partial charge is 0.387 e. The predicted molar refractivity (Wildman–Crippen MR) is 103 cm³/mol. The van der Waals surface area contributed by atoms with Crippen LogP contribution in [0.2, 0.25) is 0 Å². The maximum Gasteiger partial charge on any atom is 0.387 e. The fraction of sp³-hybridized carbons (Fsp3) is 0.455. The molecule has 1 saturated heterocycles. The molecule has 29 heavy (non-hydrogen) atoms. The number of nitrogens with one attached hydrogen (secondary N) is 1. The van der Waals surface area contributed by atoms with Crippen molar-refractivity contribution in [3.8, 4) is 11.5 Å². The molecule has 158 valence electrons. The van der Waals surface area contributed by atoms with Crippen LogP contribution < -0.4 is 14.8 Å². The molecule has 3 nitrogen and oxygen atoms in total. The van der Waals surface area contributed by atoms with Gasteiger partial charge >= 0.3 is 13.2 Å². The Balaban J connectivity index is 1.37. The van der Waals surface area contributed by atoms with Crippen molar-refractivity contribution in [2.24, 2.45) is 0 Å². The van der Waals surface area contributed by atoms with Crippen molar-refractivity contribution < 1.29 is 27.0 Å². The van der Waals surface area contributed by atoms with Crippen LogP contribution in [0.3, 0.4) is 0 Å². The van der Waals surface area contributed by atoms with Gasteiger partial charge in [0, 0.05) is 12.1 Å². The largest absolute Gasteiger partial charge is 0.435 e.